The van der Waals surface area contributed by atoms with Crippen LogP contribution in [0.4, 0.5) is 18.9 Å². The van der Waals surface area contributed by atoms with Gasteiger partial charge in [0.25, 0.3) is 0 Å². The van der Waals surface area contributed by atoms with Gasteiger partial charge in [0.05, 0.1) is 11.0 Å². The molecule has 6 heteroatoms. The van der Waals surface area contributed by atoms with Crippen LogP contribution in [0.3, 0.4) is 0 Å². The molecule has 1 aromatic rings. The van der Waals surface area contributed by atoms with Crippen LogP contribution in [-0.2, 0) is 17.4 Å². The number of carbonyl (C=O) groups is 1. The van der Waals surface area contributed by atoms with Crippen LogP contribution in [0, 0.1) is 5.41 Å². The van der Waals surface area contributed by atoms with E-state index in [1.54, 1.807) is 19.0 Å². The number of rotatable bonds is 4. The number of hydrogen-bond donors (Lipinski definition) is 1. The van der Waals surface area contributed by atoms with Gasteiger partial charge < -0.3 is 10.0 Å². The Bertz CT molecular complexity index is 508. The van der Waals surface area contributed by atoms with Gasteiger partial charge in [-0.1, -0.05) is 0 Å². The average molecular weight is 289 g/mol. The Morgan fingerprint density at radius 2 is 1.80 bits per heavy atom. The molecule has 0 radical (unpaired) electrons. The largest absolute Gasteiger partial charge is 0.481 e. The van der Waals surface area contributed by atoms with Crippen molar-refractivity contribution in [1.82, 2.24) is 0 Å². The topological polar surface area (TPSA) is 40.5 Å². The number of benzene rings is 1. The first kappa shape index (κ1) is 16.3. The first-order chi connectivity index (χ1) is 8.95. The fourth-order valence-corrected chi connectivity index (χ4v) is 1.89. The summed E-state index contributed by atoms with van der Waals surface area (Å²) in [5.41, 5.74) is -0.932. The Morgan fingerprint density at radius 1 is 1.25 bits per heavy atom. The minimum Gasteiger partial charge on any atom is -0.481 e. The van der Waals surface area contributed by atoms with Crippen LogP contribution >= 0.6 is 0 Å². The minimum absolute atomic E-state index is 0.0275. The van der Waals surface area contributed by atoms with Gasteiger partial charge in [-0.25, -0.2) is 0 Å². The first-order valence-corrected chi connectivity index (χ1v) is 6.06. The zero-order chi connectivity index (χ0) is 15.7. The summed E-state index contributed by atoms with van der Waals surface area (Å²) in [4.78, 5) is 12.8. The van der Waals surface area contributed by atoms with Crippen molar-refractivity contribution in [2.75, 3.05) is 19.0 Å². The van der Waals surface area contributed by atoms with Crippen LogP contribution in [0.15, 0.2) is 18.2 Å². The molecule has 0 aliphatic carbocycles. The third kappa shape index (κ3) is 3.65. The van der Waals surface area contributed by atoms with Gasteiger partial charge >= 0.3 is 12.1 Å². The molecule has 0 amide bonds. The van der Waals surface area contributed by atoms with E-state index in [1.807, 2.05) is 0 Å². The number of anilines is 1. The molecule has 3 nitrogen and oxygen atoms in total. The molecule has 0 aliphatic heterocycles. The third-order valence-electron chi connectivity index (χ3n) is 3.10. The maximum atomic E-state index is 12.8. The highest BCUT2D eigenvalue weighted by Gasteiger charge is 2.33. The molecule has 1 aromatic carbocycles. The summed E-state index contributed by atoms with van der Waals surface area (Å²) in [6.45, 7) is 2.99. The maximum Gasteiger partial charge on any atom is 0.416 e. The van der Waals surface area contributed by atoms with E-state index in [0.29, 0.717) is 11.3 Å². The second-order valence-corrected chi connectivity index (χ2v) is 5.60. The molecule has 0 atom stereocenters. The molecule has 1 N–H and O–H groups in total. The van der Waals surface area contributed by atoms with E-state index in [9.17, 15) is 18.0 Å². The van der Waals surface area contributed by atoms with Gasteiger partial charge in [0.1, 0.15) is 0 Å². The number of halogens is 3. The lowest BCUT2D eigenvalue weighted by atomic mass is 9.84. The molecule has 0 bridgehead atoms. The highest BCUT2D eigenvalue weighted by atomic mass is 19.4. The zero-order valence-electron chi connectivity index (χ0n) is 11.9. The van der Waals surface area contributed by atoms with Crippen molar-refractivity contribution >= 4 is 11.7 Å². The zero-order valence-corrected chi connectivity index (χ0v) is 11.9. The van der Waals surface area contributed by atoms with Crippen molar-refractivity contribution in [1.29, 1.82) is 0 Å². The lowest BCUT2D eigenvalue weighted by Gasteiger charge is -2.24. The molecule has 0 heterocycles. The van der Waals surface area contributed by atoms with E-state index in [4.69, 9.17) is 5.11 Å². The lowest BCUT2D eigenvalue weighted by molar-refractivity contribution is -0.146. The highest BCUT2D eigenvalue weighted by molar-refractivity contribution is 5.74. The molecule has 0 unspecified atom stereocenters. The summed E-state index contributed by atoms with van der Waals surface area (Å²) in [6, 6.07) is 3.41. The molecule has 0 saturated heterocycles. The van der Waals surface area contributed by atoms with Gasteiger partial charge in [0.2, 0.25) is 0 Å². The van der Waals surface area contributed by atoms with Crippen LogP contribution in [0.2, 0.25) is 0 Å². The van der Waals surface area contributed by atoms with Gasteiger partial charge in [0.15, 0.2) is 0 Å². The SMILES string of the molecule is CN(C)c1ccc(C(F)(F)F)cc1CC(C)(C)C(=O)O. The Balaban J connectivity index is 3.30. The van der Waals surface area contributed by atoms with E-state index < -0.39 is 23.1 Å². The fourth-order valence-electron chi connectivity index (χ4n) is 1.89. The van der Waals surface area contributed by atoms with Crippen LogP contribution in [0.5, 0.6) is 0 Å². The van der Waals surface area contributed by atoms with E-state index in [2.05, 4.69) is 0 Å². The first-order valence-electron chi connectivity index (χ1n) is 6.06. The predicted molar refractivity (Wildman–Crippen MR) is 70.9 cm³/mol. The number of carboxylic acid groups (broad SMARTS) is 1. The summed E-state index contributed by atoms with van der Waals surface area (Å²) in [7, 11) is 3.42. The van der Waals surface area contributed by atoms with Crippen molar-refractivity contribution in [3.05, 3.63) is 29.3 Å². The number of nitrogens with zero attached hydrogens (tertiary/aromatic N) is 1. The minimum atomic E-state index is -4.44. The molecule has 112 valence electrons. The quantitative estimate of drug-likeness (QED) is 0.923. The number of hydrogen-bond acceptors (Lipinski definition) is 2. The Labute approximate surface area is 116 Å². The number of alkyl halides is 3. The van der Waals surface area contributed by atoms with E-state index in [0.717, 1.165) is 12.1 Å². The molecule has 0 spiro atoms. The van der Waals surface area contributed by atoms with Crippen molar-refractivity contribution < 1.29 is 23.1 Å². The molecule has 0 aliphatic rings. The smallest absolute Gasteiger partial charge is 0.416 e. The summed E-state index contributed by atoms with van der Waals surface area (Å²) >= 11 is 0. The van der Waals surface area contributed by atoms with Gasteiger partial charge in [-0.05, 0) is 44.0 Å². The normalized spacial score (nSPS) is 12.3. The standard InChI is InChI=1S/C14H18F3NO2/c1-13(2,12(19)20)8-9-7-10(14(15,16)17)5-6-11(9)18(3)4/h5-7H,8H2,1-4H3,(H,19,20). The van der Waals surface area contributed by atoms with Crippen molar-refractivity contribution in [2.24, 2.45) is 5.41 Å². The second-order valence-electron chi connectivity index (χ2n) is 5.60. The van der Waals surface area contributed by atoms with Gasteiger partial charge in [0, 0.05) is 19.8 Å². The van der Waals surface area contributed by atoms with Crippen molar-refractivity contribution in [3.8, 4) is 0 Å². The Morgan fingerprint density at radius 3 is 2.20 bits per heavy atom. The molecular formula is C14H18F3NO2. The maximum absolute atomic E-state index is 12.8. The molecule has 0 aromatic heterocycles. The van der Waals surface area contributed by atoms with Crippen molar-refractivity contribution in [3.63, 3.8) is 0 Å². The van der Waals surface area contributed by atoms with Gasteiger partial charge in [-0.2, -0.15) is 13.2 Å². The molecule has 0 fully saturated rings. The lowest BCUT2D eigenvalue weighted by Crippen LogP contribution is -2.27. The number of carboxylic acids is 1. The van der Waals surface area contributed by atoms with Crippen LogP contribution in [-0.4, -0.2) is 25.2 Å². The average Bonchev–Trinajstić information content (AvgIpc) is 2.26. The predicted octanol–water partition coefficient (Wildman–Crippen LogP) is 3.42. The number of aliphatic carboxylic acids is 1. The Hall–Kier alpha value is -1.72. The van der Waals surface area contributed by atoms with Crippen LogP contribution in [0.25, 0.3) is 0 Å². The summed E-state index contributed by atoms with van der Waals surface area (Å²) in [6.07, 6.45) is -4.41. The summed E-state index contributed by atoms with van der Waals surface area (Å²) < 4.78 is 38.3. The molecule has 0 saturated carbocycles. The van der Waals surface area contributed by atoms with Gasteiger partial charge in [-0.15, -0.1) is 0 Å². The van der Waals surface area contributed by atoms with Crippen LogP contribution in [0.1, 0.15) is 25.0 Å². The van der Waals surface area contributed by atoms with E-state index in [1.165, 1.54) is 19.9 Å². The summed E-state index contributed by atoms with van der Waals surface area (Å²) in [5, 5.41) is 9.13. The highest BCUT2D eigenvalue weighted by Crippen LogP contribution is 2.35. The van der Waals surface area contributed by atoms with Crippen LogP contribution < -0.4 is 4.90 Å². The van der Waals surface area contributed by atoms with E-state index in [-0.39, 0.29) is 6.42 Å². The molecule has 1 rings (SSSR count). The van der Waals surface area contributed by atoms with E-state index >= 15 is 0 Å². The van der Waals surface area contributed by atoms with Crippen molar-refractivity contribution in [2.45, 2.75) is 26.4 Å². The third-order valence-corrected chi connectivity index (χ3v) is 3.10. The summed E-state index contributed by atoms with van der Waals surface area (Å²) in [5.74, 6) is -1.04. The monoisotopic (exact) mass is 289 g/mol. The van der Waals surface area contributed by atoms with Gasteiger partial charge in [-0.3, -0.25) is 4.79 Å². The second kappa shape index (κ2) is 5.34. The molecular weight excluding hydrogens is 271 g/mol. The Kier molecular flexibility index (Phi) is 4.36. The molecule has 20 heavy (non-hydrogen) atoms. The fraction of sp³-hybridized carbons (Fsp3) is 0.500.